The molecule has 0 radical (unpaired) electrons. The summed E-state index contributed by atoms with van der Waals surface area (Å²) in [5.41, 5.74) is 3.64. The van der Waals surface area contributed by atoms with Crippen LogP contribution in [0.3, 0.4) is 0 Å². The first-order valence-corrected chi connectivity index (χ1v) is 9.86. The van der Waals surface area contributed by atoms with Crippen molar-refractivity contribution in [3.05, 3.63) is 65.0 Å². The average molecular weight is 421 g/mol. The number of rotatable bonds is 6. The van der Waals surface area contributed by atoms with Crippen LogP contribution in [-0.2, 0) is 22.6 Å². The number of hydrogen-bond acceptors (Lipinski definition) is 6. The Morgan fingerprint density at radius 3 is 2.65 bits per heavy atom. The highest BCUT2D eigenvalue weighted by Crippen LogP contribution is 2.36. The molecule has 0 atom stereocenters. The summed E-state index contributed by atoms with van der Waals surface area (Å²) >= 11 is 0. The fourth-order valence-electron chi connectivity index (χ4n) is 3.47. The van der Waals surface area contributed by atoms with E-state index in [4.69, 9.17) is 14.0 Å². The molecule has 2 aromatic carbocycles. The summed E-state index contributed by atoms with van der Waals surface area (Å²) in [6.07, 6.45) is 0.222. The van der Waals surface area contributed by atoms with Gasteiger partial charge in [0.25, 0.3) is 5.91 Å². The molecule has 0 spiro atoms. The third-order valence-electron chi connectivity index (χ3n) is 5.21. The van der Waals surface area contributed by atoms with Crippen molar-refractivity contribution in [2.45, 2.75) is 26.8 Å². The molecule has 1 aliphatic heterocycles. The first kappa shape index (κ1) is 20.5. The lowest BCUT2D eigenvalue weighted by molar-refractivity contribution is -0.121. The van der Waals surface area contributed by atoms with Gasteiger partial charge < -0.3 is 24.2 Å². The van der Waals surface area contributed by atoms with Crippen LogP contribution < -0.4 is 19.7 Å². The van der Waals surface area contributed by atoms with E-state index in [0.717, 1.165) is 22.6 Å². The molecule has 0 saturated carbocycles. The van der Waals surface area contributed by atoms with E-state index in [1.54, 1.807) is 30.2 Å². The zero-order chi connectivity index (χ0) is 22.0. The highest BCUT2D eigenvalue weighted by atomic mass is 16.5. The highest BCUT2D eigenvalue weighted by Gasteiger charge is 2.28. The van der Waals surface area contributed by atoms with Gasteiger partial charge in [-0.05, 0) is 49.7 Å². The van der Waals surface area contributed by atoms with Crippen molar-refractivity contribution in [3.8, 4) is 11.5 Å². The van der Waals surface area contributed by atoms with E-state index < -0.39 is 0 Å². The minimum atomic E-state index is -0.172. The van der Waals surface area contributed by atoms with E-state index in [1.807, 2.05) is 38.1 Å². The Balaban J connectivity index is 1.52. The molecule has 0 aliphatic carbocycles. The van der Waals surface area contributed by atoms with Gasteiger partial charge in [0.1, 0.15) is 17.3 Å². The van der Waals surface area contributed by atoms with Crippen LogP contribution in [0.5, 0.6) is 11.5 Å². The molecule has 1 N–H and O–H groups in total. The standard InChI is InChI=1S/C23H23N3O5/c1-14-19(15(2)31-25-14)12-26-20-11-17(6-9-21(20)30-13-23(26)28)24-22(27)10-16-4-7-18(29-3)8-5-16/h4-9,11H,10,12-13H2,1-3H3,(H,24,27). The van der Waals surface area contributed by atoms with Gasteiger partial charge in [0.15, 0.2) is 6.61 Å². The Hall–Kier alpha value is -3.81. The van der Waals surface area contributed by atoms with Crippen LogP contribution in [0.25, 0.3) is 0 Å². The number of ether oxygens (including phenoxy) is 2. The second kappa shape index (κ2) is 8.51. The number of aryl methyl sites for hydroxylation is 2. The van der Waals surface area contributed by atoms with Crippen LogP contribution in [0.1, 0.15) is 22.6 Å². The largest absolute Gasteiger partial charge is 0.497 e. The number of aromatic nitrogens is 1. The number of nitrogens with zero attached hydrogens (tertiary/aromatic N) is 2. The Kier molecular flexibility index (Phi) is 5.62. The van der Waals surface area contributed by atoms with Crippen LogP contribution in [0.2, 0.25) is 0 Å². The number of benzene rings is 2. The van der Waals surface area contributed by atoms with Crippen molar-refractivity contribution >= 4 is 23.2 Å². The summed E-state index contributed by atoms with van der Waals surface area (Å²) in [5.74, 6) is 1.66. The Morgan fingerprint density at radius 2 is 1.97 bits per heavy atom. The van der Waals surface area contributed by atoms with Gasteiger partial charge in [-0.3, -0.25) is 9.59 Å². The summed E-state index contributed by atoms with van der Waals surface area (Å²) in [6, 6.07) is 12.6. The molecule has 0 fully saturated rings. The lowest BCUT2D eigenvalue weighted by atomic mass is 10.1. The smallest absolute Gasteiger partial charge is 0.265 e. The Bertz CT molecular complexity index is 1100. The molecule has 8 heteroatoms. The van der Waals surface area contributed by atoms with Gasteiger partial charge in [0.05, 0.1) is 31.5 Å². The first-order chi connectivity index (χ1) is 14.9. The molecule has 2 heterocycles. The maximum Gasteiger partial charge on any atom is 0.265 e. The SMILES string of the molecule is COc1ccc(CC(=O)Nc2ccc3c(c2)N(Cc2c(C)noc2C)C(=O)CO3)cc1. The second-order valence-electron chi connectivity index (χ2n) is 7.33. The predicted octanol–water partition coefficient (Wildman–Crippen LogP) is 3.41. The maximum atomic E-state index is 12.6. The molecule has 0 saturated heterocycles. The van der Waals surface area contributed by atoms with E-state index in [0.29, 0.717) is 29.4 Å². The fourth-order valence-corrected chi connectivity index (χ4v) is 3.47. The van der Waals surface area contributed by atoms with E-state index in [2.05, 4.69) is 10.5 Å². The molecule has 8 nitrogen and oxygen atoms in total. The zero-order valence-electron chi connectivity index (χ0n) is 17.6. The minimum Gasteiger partial charge on any atom is -0.497 e. The predicted molar refractivity (Wildman–Crippen MR) is 114 cm³/mol. The summed E-state index contributed by atoms with van der Waals surface area (Å²) in [7, 11) is 1.60. The van der Waals surface area contributed by atoms with E-state index in [9.17, 15) is 9.59 Å². The van der Waals surface area contributed by atoms with Gasteiger partial charge >= 0.3 is 0 Å². The molecule has 0 bridgehead atoms. The number of amides is 2. The zero-order valence-corrected chi connectivity index (χ0v) is 17.6. The normalized spacial score (nSPS) is 12.9. The monoisotopic (exact) mass is 421 g/mol. The molecule has 2 amide bonds. The molecule has 1 aliphatic rings. The van der Waals surface area contributed by atoms with Gasteiger partial charge in [-0.15, -0.1) is 0 Å². The number of methoxy groups -OCH3 is 1. The van der Waals surface area contributed by atoms with Gasteiger partial charge in [0.2, 0.25) is 5.91 Å². The fraction of sp³-hybridized carbons (Fsp3) is 0.261. The lowest BCUT2D eigenvalue weighted by Crippen LogP contribution is -2.38. The second-order valence-corrected chi connectivity index (χ2v) is 7.33. The van der Waals surface area contributed by atoms with Gasteiger partial charge in [-0.1, -0.05) is 17.3 Å². The van der Waals surface area contributed by atoms with Crippen molar-refractivity contribution in [1.29, 1.82) is 0 Å². The van der Waals surface area contributed by atoms with Crippen molar-refractivity contribution in [1.82, 2.24) is 5.16 Å². The maximum absolute atomic E-state index is 12.6. The van der Waals surface area contributed by atoms with Crippen molar-refractivity contribution in [2.24, 2.45) is 0 Å². The van der Waals surface area contributed by atoms with Crippen LogP contribution in [0.4, 0.5) is 11.4 Å². The molecule has 1 aromatic heterocycles. The Morgan fingerprint density at radius 1 is 1.19 bits per heavy atom. The number of nitrogens with one attached hydrogen (secondary N) is 1. The third-order valence-corrected chi connectivity index (χ3v) is 5.21. The van der Waals surface area contributed by atoms with E-state index in [1.165, 1.54) is 0 Å². The van der Waals surface area contributed by atoms with Crippen molar-refractivity contribution in [3.63, 3.8) is 0 Å². The van der Waals surface area contributed by atoms with Crippen molar-refractivity contribution in [2.75, 3.05) is 23.9 Å². The van der Waals surface area contributed by atoms with Crippen LogP contribution in [0, 0.1) is 13.8 Å². The molecule has 4 rings (SSSR count). The highest BCUT2D eigenvalue weighted by molar-refractivity contribution is 5.99. The molecular formula is C23H23N3O5. The molecule has 0 unspecified atom stereocenters. The summed E-state index contributed by atoms with van der Waals surface area (Å²) in [5, 5.41) is 6.85. The first-order valence-electron chi connectivity index (χ1n) is 9.86. The number of carbonyl (C=O) groups excluding carboxylic acids is 2. The molecule has 3 aromatic rings. The average Bonchev–Trinajstić information content (AvgIpc) is 3.08. The topological polar surface area (TPSA) is 93.9 Å². The molecular weight excluding hydrogens is 398 g/mol. The van der Waals surface area contributed by atoms with E-state index in [-0.39, 0.29) is 24.8 Å². The minimum absolute atomic E-state index is 0.0421. The van der Waals surface area contributed by atoms with Gasteiger partial charge in [0, 0.05) is 11.3 Å². The van der Waals surface area contributed by atoms with Crippen LogP contribution in [-0.4, -0.2) is 30.7 Å². The van der Waals surface area contributed by atoms with E-state index >= 15 is 0 Å². The van der Waals surface area contributed by atoms with Gasteiger partial charge in [-0.25, -0.2) is 0 Å². The Labute approximate surface area is 179 Å². The summed E-state index contributed by atoms with van der Waals surface area (Å²) in [4.78, 5) is 26.7. The molecule has 160 valence electrons. The summed E-state index contributed by atoms with van der Waals surface area (Å²) in [6.45, 7) is 3.93. The van der Waals surface area contributed by atoms with Gasteiger partial charge in [-0.2, -0.15) is 0 Å². The van der Waals surface area contributed by atoms with Crippen LogP contribution >= 0.6 is 0 Å². The lowest BCUT2D eigenvalue weighted by Gasteiger charge is -2.29. The number of hydrogen-bond donors (Lipinski definition) is 1. The summed E-state index contributed by atoms with van der Waals surface area (Å²) < 4.78 is 15.9. The number of fused-ring (bicyclic) bond motifs is 1. The van der Waals surface area contributed by atoms with Crippen molar-refractivity contribution < 1.29 is 23.6 Å². The third kappa shape index (κ3) is 4.37. The van der Waals surface area contributed by atoms with Crippen LogP contribution in [0.15, 0.2) is 47.0 Å². The quantitative estimate of drug-likeness (QED) is 0.656. The number of carbonyl (C=O) groups is 2. The number of anilines is 2. The molecule has 31 heavy (non-hydrogen) atoms.